The zero-order valence-corrected chi connectivity index (χ0v) is 21.6. The lowest BCUT2D eigenvalue weighted by Crippen LogP contribution is -2.59. The van der Waals surface area contributed by atoms with Gasteiger partial charge in [0.15, 0.2) is 0 Å². The number of amides is 2. The summed E-state index contributed by atoms with van der Waals surface area (Å²) in [6.45, 7) is 0.191. The quantitative estimate of drug-likeness (QED) is 0.533. The van der Waals surface area contributed by atoms with E-state index >= 15 is 0 Å². The van der Waals surface area contributed by atoms with Gasteiger partial charge in [0.2, 0.25) is 15.9 Å². The lowest BCUT2D eigenvalue weighted by atomic mass is 9.76. The number of nitrogens with zero attached hydrogens (tertiary/aromatic N) is 2. The number of hydrogen-bond donors (Lipinski definition) is 2. The molecule has 4 atom stereocenters. The Balaban J connectivity index is 1.87. The van der Waals surface area contributed by atoms with E-state index in [2.05, 4.69) is 10.0 Å². The van der Waals surface area contributed by atoms with Gasteiger partial charge in [-0.05, 0) is 42.2 Å². The molecule has 1 saturated carbocycles. The summed E-state index contributed by atoms with van der Waals surface area (Å²) in [7, 11) is -3.52. The molecular formula is C26H29ClN4O4S. The molecule has 0 unspecified atom stereocenters. The van der Waals surface area contributed by atoms with Crippen LogP contribution in [0.25, 0.3) is 0 Å². The summed E-state index contributed by atoms with van der Waals surface area (Å²) in [5, 5.41) is 12.3. The van der Waals surface area contributed by atoms with E-state index in [0.29, 0.717) is 29.0 Å². The molecule has 0 radical (unpaired) electrons. The van der Waals surface area contributed by atoms with Crippen LogP contribution in [0.15, 0.2) is 48.5 Å². The van der Waals surface area contributed by atoms with E-state index in [9.17, 15) is 18.0 Å². The van der Waals surface area contributed by atoms with Gasteiger partial charge in [-0.2, -0.15) is 5.26 Å². The van der Waals surface area contributed by atoms with Crippen LogP contribution in [0.5, 0.6) is 0 Å². The summed E-state index contributed by atoms with van der Waals surface area (Å²) in [5.74, 6) is -1.28. The van der Waals surface area contributed by atoms with E-state index in [0.717, 1.165) is 24.7 Å². The van der Waals surface area contributed by atoms with Crippen molar-refractivity contribution < 1.29 is 18.0 Å². The smallest absolute Gasteiger partial charge is 0.255 e. The molecule has 1 aliphatic carbocycles. The third kappa shape index (κ3) is 5.56. The van der Waals surface area contributed by atoms with Crippen molar-refractivity contribution in [2.45, 2.75) is 56.1 Å². The van der Waals surface area contributed by atoms with Crippen LogP contribution in [0.1, 0.15) is 65.5 Å². The fraction of sp³-hybridized carbons (Fsp3) is 0.423. The molecule has 10 heteroatoms. The number of halogens is 1. The van der Waals surface area contributed by atoms with Crippen molar-refractivity contribution in [2.24, 2.45) is 0 Å². The number of carbonyl (C=O) groups excluding carboxylic acids is 2. The number of fused-ring (bicyclic) bond motifs is 1. The van der Waals surface area contributed by atoms with Crippen LogP contribution >= 0.6 is 11.6 Å². The minimum Gasteiger partial charge on any atom is -0.354 e. The largest absolute Gasteiger partial charge is 0.354 e. The molecule has 2 aromatic rings. The normalized spacial score (nSPS) is 24.0. The predicted octanol–water partition coefficient (Wildman–Crippen LogP) is 3.51. The standard InChI is InChI=1S/C26H29ClN4O4S/c1-36(34,35)30-21-9-4-5-10-22(21)31-24(17-11-13-18(27)14-12-17)23(25(32)29-16-6-15-28)19-7-2-3-8-20(19)26(31)33/h2-3,7-8,11-14,21-24,30H,4-6,9-10,16H2,1H3,(H,29,32)/t21-,22-,23+,24-/m0/s1. The fourth-order valence-electron chi connectivity index (χ4n) is 5.42. The lowest BCUT2D eigenvalue weighted by molar-refractivity contribution is -0.124. The molecule has 4 rings (SSSR count). The van der Waals surface area contributed by atoms with E-state index < -0.39 is 34.1 Å². The number of nitriles is 1. The van der Waals surface area contributed by atoms with Crippen LogP contribution in [0, 0.1) is 11.3 Å². The molecule has 2 aromatic carbocycles. The zero-order valence-electron chi connectivity index (χ0n) is 20.0. The third-order valence-corrected chi connectivity index (χ3v) is 7.84. The highest BCUT2D eigenvalue weighted by Crippen LogP contribution is 2.46. The van der Waals surface area contributed by atoms with Crippen molar-refractivity contribution in [1.29, 1.82) is 5.26 Å². The molecule has 1 heterocycles. The molecule has 0 spiro atoms. The van der Waals surface area contributed by atoms with Crippen LogP contribution in [0.2, 0.25) is 5.02 Å². The van der Waals surface area contributed by atoms with E-state index in [-0.39, 0.29) is 24.8 Å². The highest BCUT2D eigenvalue weighted by molar-refractivity contribution is 7.88. The van der Waals surface area contributed by atoms with Crippen molar-refractivity contribution in [3.63, 3.8) is 0 Å². The highest BCUT2D eigenvalue weighted by Gasteiger charge is 2.48. The van der Waals surface area contributed by atoms with Gasteiger partial charge in [0, 0.05) is 29.2 Å². The van der Waals surface area contributed by atoms with Crippen molar-refractivity contribution >= 4 is 33.4 Å². The van der Waals surface area contributed by atoms with Gasteiger partial charge in [-0.1, -0.05) is 54.8 Å². The van der Waals surface area contributed by atoms with Gasteiger partial charge in [-0.15, -0.1) is 0 Å². The Morgan fingerprint density at radius 3 is 2.53 bits per heavy atom. The Morgan fingerprint density at radius 1 is 1.14 bits per heavy atom. The number of carbonyl (C=O) groups is 2. The van der Waals surface area contributed by atoms with Gasteiger partial charge in [0.05, 0.1) is 30.7 Å². The van der Waals surface area contributed by atoms with E-state index in [1.165, 1.54) is 0 Å². The molecule has 1 aliphatic heterocycles. The van der Waals surface area contributed by atoms with Gasteiger partial charge < -0.3 is 10.2 Å². The lowest BCUT2D eigenvalue weighted by Gasteiger charge is -2.49. The first-order valence-electron chi connectivity index (χ1n) is 12.0. The molecule has 2 N–H and O–H groups in total. The Labute approximate surface area is 216 Å². The van der Waals surface area contributed by atoms with Gasteiger partial charge in [0.25, 0.3) is 5.91 Å². The summed E-state index contributed by atoms with van der Waals surface area (Å²) in [6.07, 6.45) is 4.16. The van der Waals surface area contributed by atoms with Crippen LogP contribution in [-0.4, -0.2) is 50.0 Å². The number of hydrogen-bond acceptors (Lipinski definition) is 5. The first-order chi connectivity index (χ1) is 17.2. The van der Waals surface area contributed by atoms with Crippen molar-refractivity contribution in [3.8, 4) is 6.07 Å². The molecular weight excluding hydrogens is 500 g/mol. The van der Waals surface area contributed by atoms with Crippen molar-refractivity contribution in [1.82, 2.24) is 14.9 Å². The Bertz CT molecular complexity index is 1280. The summed E-state index contributed by atoms with van der Waals surface area (Å²) in [4.78, 5) is 29.4. The molecule has 0 aromatic heterocycles. The van der Waals surface area contributed by atoms with Crippen molar-refractivity contribution in [2.75, 3.05) is 12.8 Å². The van der Waals surface area contributed by atoms with Gasteiger partial charge >= 0.3 is 0 Å². The first kappa shape index (κ1) is 26.1. The fourth-order valence-corrected chi connectivity index (χ4v) is 6.37. The first-order valence-corrected chi connectivity index (χ1v) is 14.3. The number of sulfonamides is 1. The Morgan fingerprint density at radius 2 is 1.83 bits per heavy atom. The summed E-state index contributed by atoms with van der Waals surface area (Å²) in [5.41, 5.74) is 1.76. The number of benzene rings is 2. The highest BCUT2D eigenvalue weighted by atomic mass is 35.5. The second kappa shape index (κ2) is 11.0. The van der Waals surface area contributed by atoms with Crippen LogP contribution in [0.3, 0.4) is 0 Å². The minimum absolute atomic E-state index is 0.164. The molecule has 36 heavy (non-hydrogen) atoms. The number of nitrogens with one attached hydrogen (secondary N) is 2. The molecule has 1 fully saturated rings. The van der Waals surface area contributed by atoms with Crippen LogP contribution in [0.4, 0.5) is 0 Å². The van der Waals surface area contributed by atoms with Gasteiger partial charge in [-0.25, -0.2) is 13.1 Å². The van der Waals surface area contributed by atoms with Crippen LogP contribution < -0.4 is 10.0 Å². The third-order valence-electron chi connectivity index (χ3n) is 6.86. The van der Waals surface area contributed by atoms with E-state index in [1.54, 1.807) is 53.4 Å². The summed E-state index contributed by atoms with van der Waals surface area (Å²) < 4.78 is 27.1. The molecule has 2 aliphatic rings. The monoisotopic (exact) mass is 528 g/mol. The average molecular weight is 529 g/mol. The minimum atomic E-state index is -3.52. The maximum atomic E-state index is 14.1. The van der Waals surface area contributed by atoms with Gasteiger partial charge in [-0.3, -0.25) is 9.59 Å². The Kier molecular flexibility index (Phi) is 7.98. The summed E-state index contributed by atoms with van der Waals surface area (Å²) in [6, 6.07) is 14.5. The van der Waals surface area contributed by atoms with E-state index in [1.807, 2.05) is 6.07 Å². The zero-order chi connectivity index (χ0) is 25.9. The average Bonchev–Trinajstić information content (AvgIpc) is 2.84. The van der Waals surface area contributed by atoms with E-state index in [4.69, 9.17) is 16.9 Å². The summed E-state index contributed by atoms with van der Waals surface area (Å²) >= 11 is 6.16. The van der Waals surface area contributed by atoms with Crippen LogP contribution in [-0.2, 0) is 14.8 Å². The maximum absolute atomic E-state index is 14.1. The second-order valence-electron chi connectivity index (χ2n) is 9.32. The predicted molar refractivity (Wildman–Crippen MR) is 137 cm³/mol. The molecule has 8 nitrogen and oxygen atoms in total. The molecule has 0 bridgehead atoms. The SMILES string of the molecule is CS(=O)(=O)N[C@H]1CCCC[C@@H]1N1C(=O)c2ccccc2[C@@H](C(=O)NCCC#N)[C@@H]1c1ccc(Cl)cc1. The number of rotatable bonds is 7. The second-order valence-corrected chi connectivity index (χ2v) is 11.5. The topological polar surface area (TPSA) is 119 Å². The molecule has 190 valence electrons. The molecule has 2 amide bonds. The maximum Gasteiger partial charge on any atom is 0.255 e. The molecule has 0 saturated heterocycles. The van der Waals surface area contributed by atoms with Gasteiger partial charge in [0.1, 0.15) is 0 Å². The van der Waals surface area contributed by atoms with Crippen molar-refractivity contribution in [3.05, 3.63) is 70.2 Å². The Hall–Kier alpha value is -2.93.